The molecule has 1 heterocycles. The number of carbonyl (C=O) groups excluding carboxylic acids is 1. The minimum absolute atomic E-state index is 0.0619. The molecule has 6 nitrogen and oxygen atoms in total. The van der Waals surface area contributed by atoms with Gasteiger partial charge >= 0.3 is 11.6 Å². The molecule has 0 bridgehead atoms. The monoisotopic (exact) mass is 483 g/mol. The Morgan fingerprint density at radius 2 is 1.67 bits per heavy atom. The number of esters is 1. The second-order valence-electron chi connectivity index (χ2n) is 7.08. The van der Waals surface area contributed by atoms with E-state index in [1.165, 1.54) is 6.07 Å². The van der Waals surface area contributed by atoms with E-state index in [1.54, 1.807) is 42.5 Å². The summed E-state index contributed by atoms with van der Waals surface area (Å²) in [6.45, 7) is 0.227. The second-order valence-corrected chi connectivity index (χ2v) is 7.89. The molecule has 0 unspecified atom stereocenters. The van der Waals surface area contributed by atoms with Gasteiger partial charge in [0.25, 0.3) is 0 Å². The van der Waals surface area contributed by atoms with Crippen LogP contribution in [0.5, 0.6) is 5.75 Å². The van der Waals surface area contributed by atoms with Crippen molar-refractivity contribution in [3.05, 3.63) is 98.8 Å². The molecule has 3 aromatic carbocycles. The summed E-state index contributed by atoms with van der Waals surface area (Å²) in [6, 6.07) is 20.8. The van der Waals surface area contributed by atoms with E-state index in [0.29, 0.717) is 32.8 Å². The summed E-state index contributed by atoms with van der Waals surface area (Å²) in [5.41, 5.74) is 2.02. The lowest BCUT2D eigenvalue weighted by Crippen LogP contribution is -2.14. The number of nitrogens with one attached hydrogen (secondary N) is 1. The van der Waals surface area contributed by atoms with Gasteiger partial charge in [-0.2, -0.15) is 0 Å². The van der Waals surface area contributed by atoms with Crippen LogP contribution in [-0.2, 0) is 16.0 Å². The van der Waals surface area contributed by atoms with Gasteiger partial charge < -0.3 is 19.2 Å². The van der Waals surface area contributed by atoms with Crippen LogP contribution in [0, 0.1) is 0 Å². The van der Waals surface area contributed by atoms with Crippen molar-refractivity contribution in [2.45, 2.75) is 6.42 Å². The molecule has 0 aliphatic heterocycles. The fourth-order valence-electron chi connectivity index (χ4n) is 3.20. The first-order valence-electron chi connectivity index (χ1n) is 10.1. The molecule has 0 saturated carbocycles. The molecule has 8 heteroatoms. The average Bonchev–Trinajstić information content (AvgIpc) is 2.80. The maximum atomic E-state index is 12.4. The Morgan fingerprint density at radius 3 is 2.48 bits per heavy atom. The van der Waals surface area contributed by atoms with Crippen molar-refractivity contribution in [2.24, 2.45) is 0 Å². The Balaban J connectivity index is 1.32. The Morgan fingerprint density at radius 1 is 0.909 bits per heavy atom. The maximum Gasteiger partial charge on any atom is 0.336 e. The highest BCUT2D eigenvalue weighted by Gasteiger charge is 2.12. The molecule has 0 aliphatic carbocycles. The predicted octanol–water partition coefficient (Wildman–Crippen LogP) is 6.01. The van der Waals surface area contributed by atoms with Gasteiger partial charge in [-0.15, -0.1) is 0 Å². The molecule has 0 fully saturated rings. The van der Waals surface area contributed by atoms with Crippen LogP contribution in [0.1, 0.15) is 5.56 Å². The lowest BCUT2D eigenvalue weighted by Gasteiger charge is -2.14. The van der Waals surface area contributed by atoms with Gasteiger partial charge in [-0.1, -0.05) is 47.5 Å². The van der Waals surface area contributed by atoms with Gasteiger partial charge in [0.15, 0.2) is 0 Å². The first kappa shape index (κ1) is 22.7. The van der Waals surface area contributed by atoms with E-state index < -0.39 is 11.6 Å². The molecular weight excluding hydrogens is 465 g/mol. The first-order chi connectivity index (χ1) is 16.0. The molecule has 33 heavy (non-hydrogen) atoms. The number of ether oxygens (including phenoxy) is 2. The number of benzene rings is 3. The third-order valence-corrected chi connectivity index (χ3v) is 5.41. The summed E-state index contributed by atoms with van der Waals surface area (Å²) in [5, 5.41) is 4.94. The number of hydrogen-bond donors (Lipinski definition) is 1. The van der Waals surface area contributed by atoms with Crippen LogP contribution in [0.4, 0.5) is 11.4 Å². The third-order valence-electron chi connectivity index (χ3n) is 4.78. The standard InChI is InChI=1S/C25H19Cl2NO5/c26-19-5-3-6-20(27)25(19)28-21-7-2-1-4-17(21)14-24(30)32-13-12-31-18-10-8-16-9-11-23(29)33-22(16)15-18/h1-11,15,28H,12-14H2. The van der Waals surface area contributed by atoms with E-state index in [-0.39, 0.29) is 19.6 Å². The zero-order valence-corrected chi connectivity index (χ0v) is 18.9. The van der Waals surface area contributed by atoms with Crippen molar-refractivity contribution in [3.8, 4) is 5.75 Å². The highest BCUT2D eigenvalue weighted by atomic mass is 35.5. The lowest BCUT2D eigenvalue weighted by atomic mass is 10.1. The number of hydrogen-bond acceptors (Lipinski definition) is 6. The van der Waals surface area contributed by atoms with E-state index in [2.05, 4.69) is 5.32 Å². The number of fused-ring (bicyclic) bond motifs is 1. The van der Waals surface area contributed by atoms with Crippen molar-refractivity contribution in [1.29, 1.82) is 0 Å². The Labute approximate surface area is 199 Å². The van der Waals surface area contributed by atoms with E-state index in [0.717, 1.165) is 10.9 Å². The summed E-state index contributed by atoms with van der Waals surface area (Å²) in [5.74, 6) is 0.113. The minimum Gasteiger partial charge on any atom is -0.490 e. The van der Waals surface area contributed by atoms with E-state index in [1.807, 2.05) is 24.3 Å². The maximum absolute atomic E-state index is 12.4. The molecule has 0 aliphatic rings. The quantitative estimate of drug-likeness (QED) is 0.188. The van der Waals surface area contributed by atoms with Crippen LogP contribution in [0.15, 0.2) is 82.0 Å². The Kier molecular flexibility index (Phi) is 7.17. The minimum atomic E-state index is -0.430. The van der Waals surface area contributed by atoms with E-state index in [4.69, 9.17) is 37.1 Å². The number of anilines is 2. The lowest BCUT2D eigenvalue weighted by molar-refractivity contribution is -0.143. The third kappa shape index (κ3) is 5.86. The van der Waals surface area contributed by atoms with Gasteiger partial charge in [-0.05, 0) is 42.0 Å². The molecule has 0 spiro atoms. The van der Waals surface area contributed by atoms with Crippen LogP contribution < -0.4 is 15.7 Å². The first-order valence-corrected chi connectivity index (χ1v) is 10.9. The number of halogens is 2. The molecule has 0 saturated heterocycles. The van der Waals surface area contributed by atoms with Gasteiger partial charge in [0.2, 0.25) is 0 Å². The molecule has 1 N–H and O–H groups in total. The van der Waals surface area contributed by atoms with E-state index >= 15 is 0 Å². The van der Waals surface area contributed by atoms with Crippen LogP contribution in [0.3, 0.4) is 0 Å². The fraction of sp³-hybridized carbons (Fsp3) is 0.120. The molecule has 0 radical (unpaired) electrons. The fourth-order valence-corrected chi connectivity index (χ4v) is 3.69. The van der Waals surface area contributed by atoms with Crippen molar-refractivity contribution in [3.63, 3.8) is 0 Å². The summed E-state index contributed by atoms with van der Waals surface area (Å²) in [6.07, 6.45) is 0.0619. The highest BCUT2D eigenvalue weighted by molar-refractivity contribution is 6.39. The Bertz CT molecular complexity index is 1330. The van der Waals surface area contributed by atoms with Crippen LogP contribution >= 0.6 is 23.2 Å². The van der Waals surface area contributed by atoms with E-state index in [9.17, 15) is 9.59 Å². The number of rotatable bonds is 8. The largest absolute Gasteiger partial charge is 0.490 e. The summed E-state index contributed by atoms with van der Waals surface area (Å²) in [4.78, 5) is 23.7. The van der Waals surface area contributed by atoms with Crippen LogP contribution in [0.25, 0.3) is 11.0 Å². The van der Waals surface area contributed by atoms with Crippen LogP contribution in [-0.4, -0.2) is 19.2 Å². The SMILES string of the molecule is O=C(Cc1ccccc1Nc1c(Cl)cccc1Cl)OCCOc1ccc2ccc(=O)oc2c1. The molecule has 0 atom stereocenters. The normalized spacial score (nSPS) is 10.7. The molecular formula is C25H19Cl2NO5. The van der Waals surface area contributed by atoms with Gasteiger partial charge in [0, 0.05) is 23.2 Å². The predicted molar refractivity (Wildman–Crippen MR) is 129 cm³/mol. The van der Waals surface area contributed by atoms with Gasteiger partial charge in [0.05, 0.1) is 22.2 Å². The van der Waals surface area contributed by atoms with Gasteiger partial charge in [-0.25, -0.2) is 4.79 Å². The number of para-hydroxylation sites is 2. The van der Waals surface area contributed by atoms with Gasteiger partial charge in [0.1, 0.15) is 24.5 Å². The second kappa shape index (κ2) is 10.4. The molecule has 0 amide bonds. The van der Waals surface area contributed by atoms with Crippen molar-refractivity contribution >= 4 is 51.5 Å². The molecule has 1 aromatic heterocycles. The smallest absolute Gasteiger partial charge is 0.336 e. The highest BCUT2D eigenvalue weighted by Crippen LogP contribution is 2.33. The number of carbonyl (C=O) groups is 1. The van der Waals surface area contributed by atoms with Crippen molar-refractivity contribution < 1.29 is 18.7 Å². The average molecular weight is 484 g/mol. The van der Waals surface area contributed by atoms with Crippen molar-refractivity contribution in [2.75, 3.05) is 18.5 Å². The molecule has 4 aromatic rings. The zero-order valence-electron chi connectivity index (χ0n) is 17.3. The van der Waals surface area contributed by atoms with Crippen molar-refractivity contribution in [1.82, 2.24) is 0 Å². The summed E-state index contributed by atoms with van der Waals surface area (Å²) in [7, 11) is 0. The van der Waals surface area contributed by atoms with Gasteiger partial charge in [-0.3, -0.25) is 4.79 Å². The van der Waals surface area contributed by atoms with Crippen LogP contribution in [0.2, 0.25) is 10.0 Å². The molecule has 4 rings (SSSR count). The summed E-state index contributed by atoms with van der Waals surface area (Å²) >= 11 is 12.5. The topological polar surface area (TPSA) is 77.8 Å². The Hall–Kier alpha value is -3.48. The zero-order chi connectivity index (χ0) is 23.2. The summed E-state index contributed by atoms with van der Waals surface area (Å²) < 4.78 is 16.1. The molecule has 168 valence electrons.